The Labute approximate surface area is 202 Å². The molecule has 0 bridgehead atoms. The lowest BCUT2D eigenvalue weighted by Gasteiger charge is -2.09. The zero-order chi connectivity index (χ0) is 23.8. The van der Waals surface area contributed by atoms with E-state index in [0.717, 1.165) is 21.8 Å². The number of nitrogens with zero attached hydrogens (tertiary/aromatic N) is 3. The third-order valence-corrected chi connectivity index (χ3v) is 6.00. The number of methoxy groups -OCH3 is 1. The molecule has 0 aliphatic heterocycles. The third-order valence-electron chi connectivity index (χ3n) is 5.03. The van der Waals surface area contributed by atoms with Gasteiger partial charge >= 0.3 is 0 Å². The van der Waals surface area contributed by atoms with Crippen LogP contribution in [0.25, 0.3) is 11.0 Å². The van der Waals surface area contributed by atoms with Crippen LogP contribution in [-0.2, 0) is 11.3 Å². The second-order valence-electron chi connectivity index (χ2n) is 7.38. The van der Waals surface area contributed by atoms with Gasteiger partial charge in [0, 0.05) is 0 Å². The van der Waals surface area contributed by atoms with Gasteiger partial charge in [-0.2, -0.15) is 5.10 Å². The lowest BCUT2D eigenvalue weighted by molar-refractivity contribution is -0.118. The monoisotopic (exact) mass is 474 g/mol. The van der Waals surface area contributed by atoms with E-state index in [1.165, 1.54) is 17.3 Å². The van der Waals surface area contributed by atoms with Gasteiger partial charge in [-0.05, 0) is 48.4 Å². The summed E-state index contributed by atoms with van der Waals surface area (Å²) in [7, 11) is 1.59. The minimum absolute atomic E-state index is 0.196. The molecule has 4 aromatic rings. The van der Waals surface area contributed by atoms with Crippen molar-refractivity contribution < 1.29 is 14.3 Å². The van der Waals surface area contributed by atoms with E-state index in [-0.39, 0.29) is 11.7 Å². The average molecular weight is 475 g/mol. The van der Waals surface area contributed by atoms with Crippen molar-refractivity contribution in [2.24, 2.45) is 5.10 Å². The first-order valence-corrected chi connectivity index (χ1v) is 11.9. The number of carbonyl (C=O) groups is 1. The normalized spacial score (nSPS) is 11.1. The molecule has 0 saturated heterocycles. The second kappa shape index (κ2) is 11.4. The Morgan fingerprint density at radius 3 is 2.68 bits per heavy atom. The fourth-order valence-electron chi connectivity index (χ4n) is 3.46. The molecule has 1 amide bonds. The number of ether oxygens (including phenoxy) is 2. The summed E-state index contributed by atoms with van der Waals surface area (Å²) in [5.41, 5.74) is 6.49. The molecule has 1 aromatic heterocycles. The molecule has 0 spiro atoms. The smallest absolute Gasteiger partial charge is 0.250 e. The molecular weight excluding hydrogens is 448 g/mol. The van der Waals surface area contributed by atoms with Gasteiger partial charge in [0.25, 0.3) is 5.91 Å². The van der Waals surface area contributed by atoms with Crippen molar-refractivity contribution in [2.45, 2.75) is 18.6 Å². The van der Waals surface area contributed by atoms with E-state index in [0.29, 0.717) is 24.7 Å². The first-order chi connectivity index (χ1) is 16.7. The van der Waals surface area contributed by atoms with Crippen LogP contribution < -0.4 is 14.9 Å². The predicted octanol–water partition coefficient (Wildman–Crippen LogP) is 4.73. The average Bonchev–Trinajstić information content (AvgIpc) is 3.21. The van der Waals surface area contributed by atoms with Crippen LogP contribution in [0.5, 0.6) is 11.5 Å². The van der Waals surface area contributed by atoms with Gasteiger partial charge in [0.05, 0.1) is 43.3 Å². The maximum absolute atomic E-state index is 12.4. The Morgan fingerprint density at radius 2 is 1.88 bits per heavy atom. The third kappa shape index (κ3) is 5.77. The van der Waals surface area contributed by atoms with Crippen LogP contribution in [0, 0.1) is 0 Å². The van der Waals surface area contributed by atoms with E-state index in [2.05, 4.69) is 27.2 Å². The molecule has 4 rings (SSSR count). The number of thioether (sulfide) groups is 1. The van der Waals surface area contributed by atoms with E-state index < -0.39 is 0 Å². The number of hydrogen-bond donors (Lipinski definition) is 1. The molecule has 0 fully saturated rings. The van der Waals surface area contributed by atoms with Crippen molar-refractivity contribution in [3.8, 4) is 11.5 Å². The summed E-state index contributed by atoms with van der Waals surface area (Å²) in [6, 6.07) is 23.7. The standard InChI is InChI=1S/C26H26N4O3S/c1-3-33-23-14-13-20(15-24(23)32-2)16-27-29-25(31)18-34-26-28-21-11-7-8-12-22(21)30(26)17-19-9-5-4-6-10-19/h4-16H,3,17-18H2,1-2H3,(H,29,31)/b27-16+. The molecule has 3 aromatic carbocycles. The van der Waals surface area contributed by atoms with Crippen LogP contribution in [0.2, 0.25) is 0 Å². The Balaban J connectivity index is 1.40. The molecule has 0 radical (unpaired) electrons. The van der Waals surface area contributed by atoms with Gasteiger partial charge in [-0.15, -0.1) is 0 Å². The molecule has 7 nitrogen and oxygen atoms in total. The summed E-state index contributed by atoms with van der Waals surface area (Å²) >= 11 is 1.39. The summed E-state index contributed by atoms with van der Waals surface area (Å²) in [4.78, 5) is 17.2. The van der Waals surface area contributed by atoms with Crippen LogP contribution in [-0.4, -0.2) is 41.1 Å². The topological polar surface area (TPSA) is 77.7 Å². The number of para-hydroxylation sites is 2. The number of benzene rings is 3. The molecule has 174 valence electrons. The molecule has 0 saturated carbocycles. The molecule has 0 unspecified atom stereocenters. The lowest BCUT2D eigenvalue weighted by Crippen LogP contribution is -2.20. The number of amides is 1. The first-order valence-electron chi connectivity index (χ1n) is 10.9. The van der Waals surface area contributed by atoms with Crippen molar-refractivity contribution in [2.75, 3.05) is 19.5 Å². The lowest BCUT2D eigenvalue weighted by atomic mass is 10.2. The van der Waals surface area contributed by atoms with Gasteiger partial charge in [0.1, 0.15) is 0 Å². The molecule has 1 heterocycles. The molecule has 34 heavy (non-hydrogen) atoms. The Morgan fingerprint density at radius 1 is 1.09 bits per heavy atom. The van der Waals surface area contributed by atoms with Crippen LogP contribution >= 0.6 is 11.8 Å². The predicted molar refractivity (Wildman–Crippen MR) is 136 cm³/mol. The number of rotatable bonds is 10. The molecule has 8 heteroatoms. The van der Waals surface area contributed by atoms with Crippen LogP contribution in [0.1, 0.15) is 18.1 Å². The van der Waals surface area contributed by atoms with E-state index >= 15 is 0 Å². The highest BCUT2D eigenvalue weighted by molar-refractivity contribution is 7.99. The maximum atomic E-state index is 12.4. The molecule has 1 N–H and O–H groups in total. The zero-order valence-electron chi connectivity index (χ0n) is 19.1. The van der Waals surface area contributed by atoms with Crippen molar-refractivity contribution in [1.29, 1.82) is 0 Å². The number of fused-ring (bicyclic) bond motifs is 1. The Bertz CT molecular complexity index is 1290. The van der Waals surface area contributed by atoms with E-state index in [1.807, 2.05) is 61.5 Å². The highest BCUT2D eigenvalue weighted by Crippen LogP contribution is 2.27. The SMILES string of the molecule is CCOc1ccc(/C=N/NC(=O)CSc2nc3ccccc3n2Cc2ccccc2)cc1OC. The molecular formula is C26H26N4O3S. The first kappa shape index (κ1) is 23.4. The fourth-order valence-corrected chi connectivity index (χ4v) is 4.27. The van der Waals surface area contributed by atoms with Gasteiger partial charge in [0.15, 0.2) is 16.7 Å². The van der Waals surface area contributed by atoms with Crippen LogP contribution in [0.15, 0.2) is 83.1 Å². The Hall–Kier alpha value is -3.78. The molecule has 0 aliphatic carbocycles. The van der Waals surface area contributed by atoms with Crippen LogP contribution in [0.4, 0.5) is 0 Å². The van der Waals surface area contributed by atoms with E-state index in [9.17, 15) is 4.79 Å². The summed E-state index contributed by atoms with van der Waals surface area (Å²) in [5, 5.41) is 4.87. The summed E-state index contributed by atoms with van der Waals surface area (Å²) in [5.74, 6) is 1.27. The summed E-state index contributed by atoms with van der Waals surface area (Å²) in [6.45, 7) is 3.15. The second-order valence-corrected chi connectivity index (χ2v) is 8.32. The number of aromatic nitrogens is 2. The van der Waals surface area contributed by atoms with E-state index in [1.54, 1.807) is 19.4 Å². The highest BCUT2D eigenvalue weighted by Gasteiger charge is 2.13. The van der Waals surface area contributed by atoms with Crippen molar-refractivity contribution >= 4 is 34.9 Å². The van der Waals surface area contributed by atoms with Gasteiger partial charge in [0.2, 0.25) is 0 Å². The number of hydrogen-bond acceptors (Lipinski definition) is 6. The Kier molecular flexibility index (Phi) is 7.83. The number of hydrazone groups is 1. The zero-order valence-corrected chi connectivity index (χ0v) is 19.9. The largest absolute Gasteiger partial charge is 0.493 e. The van der Waals surface area contributed by atoms with Crippen LogP contribution in [0.3, 0.4) is 0 Å². The highest BCUT2D eigenvalue weighted by atomic mass is 32.2. The minimum atomic E-state index is -0.211. The van der Waals surface area contributed by atoms with E-state index in [4.69, 9.17) is 14.5 Å². The summed E-state index contributed by atoms with van der Waals surface area (Å²) < 4.78 is 13.0. The number of carbonyl (C=O) groups excluding carboxylic acids is 1. The quantitative estimate of drug-likeness (QED) is 0.204. The summed E-state index contributed by atoms with van der Waals surface area (Å²) in [6.07, 6.45) is 1.57. The molecule has 0 atom stereocenters. The van der Waals surface area contributed by atoms with Crippen molar-refractivity contribution in [3.05, 3.63) is 83.9 Å². The maximum Gasteiger partial charge on any atom is 0.250 e. The minimum Gasteiger partial charge on any atom is -0.493 e. The number of nitrogens with one attached hydrogen (secondary N) is 1. The molecule has 0 aliphatic rings. The van der Waals surface area contributed by atoms with Gasteiger partial charge in [-0.3, -0.25) is 4.79 Å². The van der Waals surface area contributed by atoms with Crippen molar-refractivity contribution in [3.63, 3.8) is 0 Å². The van der Waals surface area contributed by atoms with Gasteiger partial charge in [-0.1, -0.05) is 54.2 Å². The van der Waals surface area contributed by atoms with Gasteiger partial charge < -0.3 is 14.0 Å². The fraction of sp³-hybridized carbons (Fsp3) is 0.192. The number of imidazole rings is 1. The van der Waals surface area contributed by atoms with Gasteiger partial charge in [-0.25, -0.2) is 10.4 Å². The van der Waals surface area contributed by atoms with Crippen molar-refractivity contribution in [1.82, 2.24) is 15.0 Å².